The Morgan fingerprint density at radius 2 is 0.467 bits per heavy atom. The number of nitrogens with zero attached hydrogens (tertiary/aromatic N) is 4. The van der Waals surface area contributed by atoms with Crippen LogP contribution in [0.2, 0.25) is 75.5 Å². The van der Waals surface area contributed by atoms with E-state index in [9.17, 15) is 0 Å². The van der Waals surface area contributed by atoms with Gasteiger partial charge in [0.25, 0.3) is 0 Å². The summed E-state index contributed by atoms with van der Waals surface area (Å²) in [6.07, 6.45) is 24.0. The van der Waals surface area contributed by atoms with Crippen LogP contribution in [0.25, 0.3) is 89.5 Å². The monoisotopic (exact) mass is 1890 g/mol. The Morgan fingerprint density at radius 1 is 0.212 bits per heavy atom. The van der Waals surface area contributed by atoms with Crippen LogP contribution in [0.1, 0.15) is 129 Å². The van der Waals surface area contributed by atoms with Crippen LogP contribution in [0.4, 0.5) is 0 Å². The van der Waals surface area contributed by atoms with Crippen molar-refractivity contribution >= 4 is 111 Å². The molecule has 686 valence electrons. The number of benzene rings is 12. The SMILES string of the molecule is Cc1ccccc1-c1cc(-c2ccc3c(c2)[Si](C)(C)c2ccccc2C3(C)C)cc[n+]1C.Cc1ccccc1-c1cc(-c2ccc3c(c2)[Si]2(CCCC2)c2ccccc2C32CCCC2)cc[n+]1C.Cc1ccccc1-c1cc(-c2ccc3c(c2)[Si]2(CCCC2)c2ccccc2[Si]3(C)C)cc[n+]1C.Cc1ccccc1-c1cc(-c2ccc3c(c2)[Si]2(CCCCC2)c2ccccc2[Si]3(C)C)cc[n+]1C. The van der Waals surface area contributed by atoms with E-state index >= 15 is 0 Å². The highest BCUT2D eigenvalue weighted by Crippen LogP contribution is 2.52. The Morgan fingerprint density at radius 3 is 0.847 bits per heavy atom. The molecule has 11 heterocycles. The molecule has 10 heteroatoms. The standard InChI is InChI=1S/C34H36NSi.C32H36NSi2.C31H34NSi2.C30H32NSi/c1-25-11-3-4-12-28(25)31-23-27(17-20-35(31)2)26-15-16-30-33(24-26)36(21-9-10-22-36)32-14-6-5-13-29(32)34(30)18-7-8-19-34;1-24-12-6-7-13-27(24)28-22-26(18-19-33(28)2)25-16-17-30-32(23-25)35(20-10-5-11-21-35)31-15-9-8-14-29(31)34(30,3)4;1-23-11-5-6-12-26(23)27-21-25(17-18-32(27)2)24-15-16-29-31(22-24)34(19-9-10-20-34)30-14-8-7-13-28(30)33(29,3)4;1-21-11-7-8-12-24(21)27-19-23(17-18-31(27)4)22-15-16-26-29(20-22)32(5,6)28-14-10-9-13-25(28)30(26,2)3/h3-6,11-17,20,23-24H,7-10,18-19,21-22H2,1-2H3;6-9,12-19,22-23H,5,10-11,20-21H2,1-4H3;5-8,11-18,21-22H,9-10,19-20H2,1-4H3;7-20H,1-6H3/q4*+1. The minimum absolute atomic E-state index is 0.0302. The molecule has 1 aliphatic carbocycles. The third-order valence-electron chi connectivity index (χ3n) is 35.0. The number of rotatable bonds is 8. The summed E-state index contributed by atoms with van der Waals surface area (Å²) < 4.78 is 9.00. The normalized spacial score (nSPS) is 17.5. The van der Waals surface area contributed by atoms with Gasteiger partial charge in [-0.1, -0.05) is 405 Å². The lowest BCUT2D eigenvalue weighted by Crippen LogP contribution is -2.80. The minimum Gasteiger partial charge on any atom is -0.201 e. The molecule has 0 unspecified atom stereocenters. The zero-order chi connectivity index (χ0) is 94.7. The van der Waals surface area contributed by atoms with Crippen LogP contribution in [0, 0.1) is 27.7 Å². The fourth-order valence-electron chi connectivity index (χ4n) is 27.3. The Balaban J connectivity index is 0.000000109. The number of hydrogen-bond acceptors (Lipinski definition) is 0. The predicted octanol–water partition coefficient (Wildman–Crippen LogP) is 22.0. The van der Waals surface area contributed by atoms with E-state index in [1.54, 1.807) is 73.4 Å². The van der Waals surface area contributed by atoms with Crippen molar-refractivity contribution in [3.05, 3.63) is 385 Å². The number of aryl methyl sites for hydroxylation is 8. The first-order chi connectivity index (χ1) is 66.2. The number of aromatic nitrogens is 4. The van der Waals surface area contributed by atoms with Crippen LogP contribution in [-0.2, 0) is 39.0 Å². The van der Waals surface area contributed by atoms with Crippen molar-refractivity contribution in [2.75, 3.05) is 0 Å². The van der Waals surface area contributed by atoms with Crippen molar-refractivity contribution in [3.63, 3.8) is 0 Å². The molecule has 0 amide bonds. The highest BCUT2D eigenvalue weighted by molar-refractivity contribution is 7.18. The Labute approximate surface area is 823 Å². The fourth-order valence-corrected chi connectivity index (χ4v) is 59.6. The first kappa shape index (κ1) is 91.9. The summed E-state index contributed by atoms with van der Waals surface area (Å²) in [5.41, 5.74) is 33.1. The maximum absolute atomic E-state index is 2.67. The first-order valence-corrected chi connectivity index (χ1v) is 67.7. The largest absolute Gasteiger partial charge is 0.213 e. The third kappa shape index (κ3) is 15.7. The van der Waals surface area contributed by atoms with E-state index in [0.29, 0.717) is 0 Å². The molecule has 12 aromatic carbocycles. The number of fused-ring (bicyclic) bond motifs is 16. The van der Waals surface area contributed by atoms with Gasteiger partial charge in [0.2, 0.25) is 22.8 Å². The van der Waals surface area contributed by atoms with E-state index in [1.807, 2.05) is 0 Å². The smallest absolute Gasteiger partial charge is 0.201 e. The zero-order valence-electron chi connectivity index (χ0n) is 84.1. The summed E-state index contributed by atoms with van der Waals surface area (Å²) in [6.45, 7) is 28.9. The lowest BCUT2D eigenvalue weighted by molar-refractivity contribution is -0.660. The van der Waals surface area contributed by atoms with E-state index < -0.39 is 48.4 Å². The van der Waals surface area contributed by atoms with Crippen molar-refractivity contribution in [2.45, 2.75) is 199 Å². The lowest BCUT2D eigenvalue weighted by Gasteiger charge is -2.47. The summed E-state index contributed by atoms with van der Waals surface area (Å²) in [5, 5.41) is 20.7. The molecule has 137 heavy (non-hydrogen) atoms. The highest BCUT2D eigenvalue weighted by atomic mass is 28.3. The molecule has 0 N–H and O–H groups in total. The molecule has 4 nitrogen and oxygen atoms in total. The van der Waals surface area contributed by atoms with E-state index in [-0.39, 0.29) is 10.8 Å². The van der Waals surface area contributed by atoms with Gasteiger partial charge in [-0.3, -0.25) is 0 Å². The second kappa shape index (κ2) is 36.1. The molecule has 4 fully saturated rings. The highest BCUT2D eigenvalue weighted by Gasteiger charge is 2.56. The quantitative estimate of drug-likeness (QED) is 0.106. The first-order valence-electron chi connectivity index (χ1n) is 51.4. The molecule has 0 bridgehead atoms. The molecule has 0 radical (unpaired) electrons. The van der Waals surface area contributed by atoms with Gasteiger partial charge in [0.1, 0.15) is 76.6 Å². The van der Waals surface area contributed by atoms with Crippen LogP contribution in [-0.4, -0.2) is 48.4 Å². The predicted molar refractivity (Wildman–Crippen MR) is 597 cm³/mol. The summed E-state index contributed by atoms with van der Waals surface area (Å²) in [5.74, 6) is 0. The maximum atomic E-state index is 2.67. The molecular formula is C127H138N4Si6+4. The Bertz CT molecular complexity index is 7410. The number of pyridine rings is 4. The molecule has 4 aromatic heterocycles. The Kier molecular flexibility index (Phi) is 24.2. The lowest BCUT2D eigenvalue weighted by atomic mass is 9.72. The molecule has 4 spiro atoms. The second-order valence-electron chi connectivity index (χ2n) is 44.1. The van der Waals surface area contributed by atoms with Crippen LogP contribution in [0.15, 0.2) is 340 Å². The van der Waals surface area contributed by atoms with Gasteiger partial charge < -0.3 is 0 Å². The van der Waals surface area contributed by atoms with Gasteiger partial charge in [0.05, 0.1) is 0 Å². The van der Waals surface area contributed by atoms with Gasteiger partial charge in [-0.05, 0) is 200 Å². The zero-order valence-corrected chi connectivity index (χ0v) is 90.1. The summed E-state index contributed by atoms with van der Waals surface area (Å²) in [4.78, 5) is 0. The van der Waals surface area contributed by atoms with E-state index in [1.165, 1.54) is 230 Å². The van der Waals surface area contributed by atoms with Gasteiger partial charge in [0, 0.05) is 81.6 Å². The van der Waals surface area contributed by atoms with E-state index in [4.69, 9.17) is 0 Å². The van der Waals surface area contributed by atoms with Gasteiger partial charge >= 0.3 is 0 Å². The van der Waals surface area contributed by atoms with Crippen molar-refractivity contribution in [3.8, 4) is 89.5 Å². The molecule has 7 aliphatic heterocycles. The van der Waals surface area contributed by atoms with Crippen LogP contribution in [0.5, 0.6) is 0 Å². The summed E-state index contributed by atoms with van der Waals surface area (Å²) >= 11 is 0. The summed E-state index contributed by atoms with van der Waals surface area (Å²) in [7, 11) is -1.72. The molecule has 24 rings (SSSR count). The minimum atomic E-state index is -1.79. The molecule has 3 saturated heterocycles. The third-order valence-corrected chi connectivity index (χ3v) is 62.6. The van der Waals surface area contributed by atoms with Crippen molar-refractivity contribution in [2.24, 2.45) is 28.2 Å². The van der Waals surface area contributed by atoms with Gasteiger partial charge in [-0.15, -0.1) is 0 Å². The molecule has 8 aliphatic rings. The average Bonchev–Trinajstić information content (AvgIpc) is 1.67. The van der Waals surface area contributed by atoms with Crippen LogP contribution >= 0.6 is 0 Å². The molecular weight excluding hydrogens is 1750 g/mol. The van der Waals surface area contributed by atoms with Gasteiger partial charge in [0.15, 0.2) is 24.8 Å². The van der Waals surface area contributed by atoms with Crippen molar-refractivity contribution in [1.82, 2.24) is 0 Å². The molecule has 0 atom stereocenters. The average molecular weight is 1890 g/mol. The van der Waals surface area contributed by atoms with E-state index in [2.05, 4.69) is 468 Å². The Hall–Kier alpha value is -11.5. The number of hydrogen-bond donors (Lipinski definition) is 0. The molecule has 1 saturated carbocycles. The van der Waals surface area contributed by atoms with Gasteiger partial charge in [-0.25, -0.2) is 18.3 Å². The van der Waals surface area contributed by atoms with Crippen molar-refractivity contribution in [1.29, 1.82) is 0 Å². The maximum Gasteiger partial charge on any atom is 0.213 e. The van der Waals surface area contributed by atoms with Crippen LogP contribution < -0.4 is 80.5 Å². The summed E-state index contributed by atoms with van der Waals surface area (Å²) in [6, 6.07) is 130. The second-order valence-corrected chi connectivity index (χ2v) is 69.8. The van der Waals surface area contributed by atoms with Crippen LogP contribution in [0.3, 0.4) is 0 Å². The topological polar surface area (TPSA) is 15.5 Å². The molecule has 16 aromatic rings. The fraction of sp³-hybridized carbons (Fsp3) is 0.276. The van der Waals surface area contributed by atoms with Gasteiger partial charge in [-0.2, -0.15) is 0 Å². The van der Waals surface area contributed by atoms with E-state index in [0.717, 1.165) is 0 Å². The van der Waals surface area contributed by atoms with Crippen molar-refractivity contribution < 1.29 is 18.3 Å².